The number of hydrogen-bond donors (Lipinski definition) is 3. The molecule has 23 heavy (non-hydrogen) atoms. The first kappa shape index (κ1) is 16.1. The number of aryl methyl sites for hydroxylation is 2. The van der Waals surface area contributed by atoms with Crippen LogP contribution in [0, 0.1) is 6.92 Å². The molecule has 0 aliphatic heterocycles. The molecule has 1 aliphatic rings. The van der Waals surface area contributed by atoms with Crippen LogP contribution in [0.25, 0.3) is 10.9 Å². The van der Waals surface area contributed by atoms with Crippen LogP contribution in [0.3, 0.4) is 0 Å². The van der Waals surface area contributed by atoms with Gasteiger partial charge in [0.05, 0.1) is 0 Å². The maximum atomic E-state index is 12.3. The van der Waals surface area contributed by atoms with Crippen LogP contribution in [0.2, 0.25) is 0 Å². The molecule has 3 rings (SSSR count). The van der Waals surface area contributed by atoms with E-state index in [1.165, 1.54) is 27.7 Å². The van der Waals surface area contributed by atoms with E-state index in [2.05, 4.69) is 35.4 Å². The molecule has 2 aromatic rings. The standard InChI is InChI=1S/C19H26N2O2/c1-4-9-19(3,23)18(22)20-13-6-8-17-15(11-13)14-10-12(2)5-7-16(14)21-17/h5,7,10,13,21,23H,4,6,8-9,11H2,1-3H3,(H,20,22). The lowest BCUT2D eigenvalue weighted by molar-refractivity contribution is -0.139. The van der Waals surface area contributed by atoms with E-state index in [-0.39, 0.29) is 11.9 Å². The van der Waals surface area contributed by atoms with Gasteiger partial charge in [0, 0.05) is 22.6 Å². The predicted molar refractivity (Wildman–Crippen MR) is 92.5 cm³/mol. The molecule has 0 radical (unpaired) electrons. The Morgan fingerprint density at radius 3 is 3.00 bits per heavy atom. The van der Waals surface area contributed by atoms with Gasteiger partial charge in [-0.1, -0.05) is 25.0 Å². The first-order chi connectivity index (χ1) is 10.9. The molecule has 2 unspecified atom stereocenters. The van der Waals surface area contributed by atoms with Crippen LogP contribution in [0.1, 0.15) is 49.9 Å². The lowest BCUT2D eigenvalue weighted by Gasteiger charge is -2.28. The summed E-state index contributed by atoms with van der Waals surface area (Å²) in [6.45, 7) is 5.68. The lowest BCUT2D eigenvalue weighted by Crippen LogP contribution is -2.49. The van der Waals surface area contributed by atoms with Gasteiger partial charge in [-0.3, -0.25) is 4.79 Å². The lowest BCUT2D eigenvalue weighted by atomic mass is 9.90. The molecule has 1 aromatic carbocycles. The van der Waals surface area contributed by atoms with Gasteiger partial charge in [0.1, 0.15) is 5.60 Å². The van der Waals surface area contributed by atoms with Gasteiger partial charge >= 0.3 is 0 Å². The minimum Gasteiger partial charge on any atom is -0.380 e. The van der Waals surface area contributed by atoms with Gasteiger partial charge in [0.15, 0.2) is 0 Å². The zero-order valence-electron chi connectivity index (χ0n) is 14.2. The first-order valence-electron chi connectivity index (χ1n) is 8.54. The Morgan fingerprint density at radius 1 is 1.48 bits per heavy atom. The van der Waals surface area contributed by atoms with Crippen LogP contribution in [-0.4, -0.2) is 27.6 Å². The fourth-order valence-corrected chi connectivity index (χ4v) is 3.60. The van der Waals surface area contributed by atoms with Crippen molar-refractivity contribution in [1.82, 2.24) is 10.3 Å². The van der Waals surface area contributed by atoms with Crippen LogP contribution in [0.4, 0.5) is 0 Å². The molecule has 4 nitrogen and oxygen atoms in total. The van der Waals surface area contributed by atoms with E-state index >= 15 is 0 Å². The number of amides is 1. The number of rotatable bonds is 4. The van der Waals surface area contributed by atoms with Crippen molar-refractivity contribution in [2.45, 2.75) is 64.5 Å². The number of aromatic amines is 1. The molecule has 4 heteroatoms. The summed E-state index contributed by atoms with van der Waals surface area (Å²) in [5.41, 5.74) is 3.75. The van der Waals surface area contributed by atoms with E-state index in [9.17, 15) is 9.90 Å². The van der Waals surface area contributed by atoms with E-state index in [0.29, 0.717) is 6.42 Å². The van der Waals surface area contributed by atoms with Gasteiger partial charge < -0.3 is 15.4 Å². The molecule has 0 fully saturated rings. The Kier molecular flexibility index (Phi) is 4.19. The summed E-state index contributed by atoms with van der Waals surface area (Å²) in [6.07, 6.45) is 3.95. The fourth-order valence-electron chi connectivity index (χ4n) is 3.60. The Morgan fingerprint density at radius 2 is 2.26 bits per heavy atom. The topological polar surface area (TPSA) is 65.1 Å². The molecular weight excluding hydrogens is 288 g/mol. The van der Waals surface area contributed by atoms with E-state index in [0.717, 1.165) is 25.7 Å². The molecule has 0 saturated carbocycles. The molecule has 1 aliphatic carbocycles. The van der Waals surface area contributed by atoms with Gasteiger partial charge in [-0.05, 0) is 57.2 Å². The van der Waals surface area contributed by atoms with Crippen LogP contribution in [0.5, 0.6) is 0 Å². The van der Waals surface area contributed by atoms with Crippen molar-refractivity contribution in [3.05, 3.63) is 35.0 Å². The number of aromatic nitrogens is 1. The molecule has 1 heterocycles. The second-order valence-electron chi connectivity index (χ2n) is 7.07. The summed E-state index contributed by atoms with van der Waals surface area (Å²) in [5.74, 6) is -0.246. The third-order valence-electron chi connectivity index (χ3n) is 4.90. The summed E-state index contributed by atoms with van der Waals surface area (Å²) in [4.78, 5) is 15.8. The van der Waals surface area contributed by atoms with Gasteiger partial charge in [-0.25, -0.2) is 0 Å². The van der Waals surface area contributed by atoms with E-state index in [4.69, 9.17) is 0 Å². The number of aliphatic hydroxyl groups is 1. The van der Waals surface area contributed by atoms with Crippen molar-refractivity contribution < 1.29 is 9.90 Å². The molecule has 1 aromatic heterocycles. The first-order valence-corrected chi connectivity index (χ1v) is 8.54. The van der Waals surface area contributed by atoms with E-state index in [1.807, 2.05) is 6.92 Å². The zero-order chi connectivity index (χ0) is 16.6. The summed E-state index contributed by atoms with van der Waals surface area (Å²) in [5, 5.41) is 14.6. The maximum Gasteiger partial charge on any atom is 0.251 e. The van der Waals surface area contributed by atoms with Crippen LogP contribution in [-0.2, 0) is 17.6 Å². The molecular formula is C19H26N2O2. The van der Waals surface area contributed by atoms with Crippen LogP contribution < -0.4 is 5.32 Å². The van der Waals surface area contributed by atoms with Crippen molar-refractivity contribution in [3.63, 3.8) is 0 Å². The van der Waals surface area contributed by atoms with Gasteiger partial charge in [-0.15, -0.1) is 0 Å². The van der Waals surface area contributed by atoms with Crippen LogP contribution >= 0.6 is 0 Å². The summed E-state index contributed by atoms with van der Waals surface area (Å²) < 4.78 is 0. The predicted octanol–water partition coefficient (Wildman–Crippen LogP) is 3.00. The molecule has 0 bridgehead atoms. The molecule has 124 valence electrons. The highest BCUT2D eigenvalue weighted by molar-refractivity contribution is 5.87. The summed E-state index contributed by atoms with van der Waals surface area (Å²) in [6, 6.07) is 6.55. The van der Waals surface area contributed by atoms with Crippen molar-refractivity contribution in [2.24, 2.45) is 0 Å². The Balaban J connectivity index is 1.79. The molecule has 3 N–H and O–H groups in total. The summed E-state index contributed by atoms with van der Waals surface area (Å²) >= 11 is 0. The highest BCUT2D eigenvalue weighted by atomic mass is 16.3. The molecule has 0 spiro atoms. The molecule has 2 atom stereocenters. The third-order valence-corrected chi connectivity index (χ3v) is 4.90. The van der Waals surface area contributed by atoms with Crippen LogP contribution in [0.15, 0.2) is 18.2 Å². The number of benzene rings is 1. The van der Waals surface area contributed by atoms with Gasteiger partial charge in [0.2, 0.25) is 0 Å². The van der Waals surface area contributed by atoms with Gasteiger partial charge in [0.25, 0.3) is 5.91 Å². The maximum absolute atomic E-state index is 12.3. The molecule has 1 amide bonds. The number of H-pyrrole nitrogens is 1. The van der Waals surface area contributed by atoms with E-state index in [1.54, 1.807) is 6.92 Å². The second kappa shape index (κ2) is 6.00. The smallest absolute Gasteiger partial charge is 0.251 e. The number of carbonyl (C=O) groups is 1. The highest BCUT2D eigenvalue weighted by Crippen LogP contribution is 2.30. The number of fused-ring (bicyclic) bond motifs is 3. The zero-order valence-corrected chi connectivity index (χ0v) is 14.2. The minimum absolute atomic E-state index is 0.0952. The van der Waals surface area contributed by atoms with Crippen molar-refractivity contribution in [1.29, 1.82) is 0 Å². The van der Waals surface area contributed by atoms with Gasteiger partial charge in [-0.2, -0.15) is 0 Å². The Hall–Kier alpha value is -1.81. The average Bonchev–Trinajstić information content (AvgIpc) is 2.84. The minimum atomic E-state index is -1.27. The third kappa shape index (κ3) is 3.13. The second-order valence-corrected chi connectivity index (χ2v) is 7.07. The van der Waals surface area contributed by atoms with Crippen molar-refractivity contribution in [2.75, 3.05) is 0 Å². The monoisotopic (exact) mass is 314 g/mol. The van der Waals surface area contributed by atoms with Crippen molar-refractivity contribution >= 4 is 16.8 Å². The Labute approximate surface area is 137 Å². The number of hydrogen-bond acceptors (Lipinski definition) is 2. The summed E-state index contributed by atoms with van der Waals surface area (Å²) in [7, 11) is 0. The van der Waals surface area contributed by atoms with Crippen molar-refractivity contribution in [3.8, 4) is 0 Å². The normalized spacial score (nSPS) is 20.1. The number of nitrogens with one attached hydrogen (secondary N) is 2. The quantitative estimate of drug-likeness (QED) is 0.812. The fraction of sp³-hybridized carbons (Fsp3) is 0.526. The SMILES string of the molecule is CCCC(C)(O)C(=O)NC1CCc2[nH]c3ccc(C)cc3c2C1. The Bertz CT molecular complexity index is 730. The number of carbonyl (C=O) groups excluding carboxylic acids is 1. The highest BCUT2D eigenvalue weighted by Gasteiger charge is 2.32. The average molecular weight is 314 g/mol. The largest absolute Gasteiger partial charge is 0.380 e. The molecule has 0 saturated heterocycles. The van der Waals surface area contributed by atoms with E-state index < -0.39 is 5.60 Å².